The molecule has 1 aliphatic rings. The molecule has 22 heavy (non-hydrogen) atoms. The molecule has 0 heterocycles. The number of rotatable bonds is 4. The minimum absolute atomic E-state index is 0.137. The average molecular weight is 336 g/mol. The number of hydrogen-bond acceptors (Lipinski definition) is 2. The summed E-state index contributed by atoms with van der Waals surface area (Å²) in [6.45, 7) is 0. The predicted octanol–water partition coefficient (Wildman–Crippen LogP) is 4.42. The van der Waals surface area contributed by atoms with E-state index in [-0.39, 0.29) is 11.4 Å². The van der Waals surface area contributed by atoms with Crippen LogP contribution in [-0.4, -0.2) is 13.0 Å². The zero-order valence-electron chi connectivity index (χ0n) is 12.0. The van der Waals surface area contributed by atoms with Gasteiger partial charge in [0.25, 0.3) is 5.91 Å². The van der Waals surface area contributed by atoms with Crippen LogP contribution in [0.25, 0.3) is 0 Å². The molecule has 114 valence electrons. The summed E-state index contributed by atoms with van der Waals surface area (Å²) >= 11 is 12.2. The van der Waals surface area contributed by atoms with Crippen molar-refractivity contribution in [2.24, 2.45) is 0 Å². The smallest absolute Gasteiger partial charge is 0.252 e. The third-order valence-electron chi connectivity index (χ3n) is 3.88. The molecule has 1 N–H and O–H groups in total. The first kappa shape index (κ1) is 15.2. The van der Waals surface area contributed by atoms with E-state index in [2.05, 4.69) is 5.32 Å². The van der Waals surface area contributed by atoms with Gasteiger partial charge in [0.1, 0.15) is 5.75 Å². The summed E-state index contributed by atoms with van der Waals surface area (Å²) in [5, 5.41) is 4.26. The van der Waals surface area contributed by atoms with E-state index in [0.717, 1.165) is 18.4 Å². The maximum Gasteiger partial charge on any atom is 0.252 e. The molecule has 1 amide bonds. The Labute approximate surface area is 139 Å². The summed E-state index contributed by atoms with van der Waals surface area (Å²) in [6, 6.07) is 12.5. The zero-order valence-corrected chi connectivity index (χ0v) is 13.5. The van der Waals surface area contributed by atoms with Crippen molar-refractivity contribution >= 4 is 29.1 Å². The molecule has 1 saturated carbocycles. The van der Waals surface area contributed by atoms with Crippen LogP contribution < -0.4 is 10.1 Å². The standard InChI is InChI=1S/C17H15Cl2NO2/c1-22-13-4-2-3-11(9-13)16(21)20-17(7-8-17)14-6-5-12(18)10-15(14)19/h2-6,9-10H,7-8H2,1H3,(H,20,21). The molecule has 0 bridgehead atoms. The molecule has 1 fully saturated rings. The first-order valence-corrected chi connectivity index (χ1v) is 7.72. The third kappa shape index (κ3) is 2.92. The van der Waals surface area contributed by atoms with Crippen LogP contribution in [0.4, 0.5) is 0 Å². The SMILES string of the molecule is COc1cccc(C(=O)NC2(c3ccc(Cl)cc3Cl)CC2)c1. The minimum Gasteiger partial charge on any atom is -0.497 e. The highest BCUT2D eigenvalue weighted by atomic mass is 35.5. The van der Waals surface area contributed by atoms with E-state index < -0.39 is 0 Å². The Kier molecular flexibility index (Phi) is 4.02. The van der Waals surface area contributed by atoms with Gasteiger partial charge in [0.15, 0.2) is 0 Å². The fourth-order valence-electron chi connectivity index (χ4n) is 2.52. The third-order valence-corrected chi connectivity index (χ3v) is 4.43. The van der Waals surface area contributed by atoms with E-state index in [1.807, 2.05) is 6.07 Å². The van der Waals surface area contributed by atoms with Gasteiger partial charge in [-0.3, -0.25) is 4.79 Å². The molecule has 0 saturated heterocycles. The van der Waals surface area contributed by atoms with Crippen molar-refractivity contribution in [2.45, 2.75) is 18.4 Å². The van der Waals surface area contributed by atoms with E-state index in [9.17, 15) is 4.79 Å². The summed E-state index contributed by atoms with van der Waals surface area (Å²) in [4.78, 5) is 12.5. The van der Waals surface area contributed by atoms with E-state index in [1.54, 1.807) is 43.5 Å². The number of nitrogens with one attached hydrogen (secondary N) is 1. The second-order valence-electron chi connectivity index (χ2n) is 5.39. The lowest BCUT2D eigenvalue weighted by molar-refractivity contribution is 0.0930. The molecule has 0 aliphatic heterocycles. The van der Waals surface area contributed by atoms with Gasteiger partial charge in [-0.05, 0) is 48.7 Å². The second-order valence-corrected chi connectivity index (χ2v) is 6.24. The summed E-state index contributed by atoms with van der Waals surface area (Å²) < 4.78 is 5.15. The number of hydrogen-bond donors (Lipinski definition) is 1. The molecule has 2 aromatic rings. The largest absolute Gasteiger partial charge is 0.497 e. The number of methoxy groups -OCH3 is 1. The maximum atomic E-state index is 12.5. The minimum atomic E-state index is -0.387. The van der Waals surface area contributed by atoms with Crippen LogP contribution in [0.2, 0.25) is 10.0 Å². The number of carbonyl (C=O) groups is 1. The lowest BCUT2D eigenvalue weighted by atomic mass is 10.0. The van der Waals surface area contributed by atoms with Gasteiger partial charge in [0.2, 0.25) is 0 Å². The van der Waals surface area contributed by atoms with Crippen LogP contribution in [-0.2, 0) is 5.54 Å². The highest BCUT2D eigenvalue weighted by Crippen LogP contribution is 2.48. The lowest BCUT2D eigenvalue weighted by Gasteiger charge is -2.19. The number of carbonyl (C=O) groups excluding carboxylic acids is 1. The zero-order chi connectivity index (χ0) is 15.7. The molecular formula is C17H15Cl2NO2. The normalized spacial score (nSPS) is 15.2. The Morgan fingerprint density at radius 3 is 2.59 bits per heavy atom. The van der Waals surface area contributed by atoms with Crippen LogP contribution in [0.1, 0.15) is 28.8 Å². The fraction of sp³-hybridized carbons (Fsp3) is 0.235. The molecule has 0 unspecified atom stereocenters. The summed E-state index contributed by atoms with van der Waals surface area (Å²) in [5.74, 6) is 0.518. The predicted molar refractivity (Wildman–Crippen MR) is 87.8 cm³/mol. The molecule has 1 aliphatic carbocycles. The topological polar surface area (TPSA) is 38.3 Å². The molecule has 5 heteroatoms. The van der Waals surface area contributed by atoms with Crippen molar-refractivity contribution in [3.8, 4) is 5.75 Å². The Morgan fingerprint density at radius 1 is 1.18 bits per heavy atom. The highest BCUT2D eigenvalue weighted by molar-refractivity contribution is 6.35. The summed E-state index contributed by atoms with van der Waals surface area (Å²) in [6.07, 6.45) is 1.73. The molecule has 0 atom stereocenters. The molecule has 0 radical (unpaired) electrons. The van der Waals surface area contributed by atoms with Crippen molar-refractivity contribution in [2.75, 3.05) is 7.11 Å². The fourth-order valence-corrected chi connectivity index (χ4v) is 3.11. The summed E-state index contributed by atoms with van der Waals surface area (Å²) in [5.41, 5.74) is 1.09. The van der Waals surface area contributed by atoms with E-state index in [1.165, 1.54) is 0 Å². The van der Waals surface area contributed by atoms with E-state index in [0.29, 0.717) is 21.4 Å². The Hall–Kier alpha value is -1.71. The van der Waals surface area contributed by atoms with Crippen molar-refractivity contribution in [3.05, 3.63) is 63.6 Å². The number of benzene rings is 2. The average Bonchev–Trinajstić information content (AvgIpc) is 3.27. The van der Waals surface area contributed by atoms with Crippen LogP contribution in [0.5, 0.6) is 5.75 Å². The van der Waals surface area contributed by atoms with Crippen LogP contribution in [0.3, 0.4) is 0 Å². The molecule has 3 rings (SSSR count). The van der Waals surface area contributed by atoms with Gasteiger partial charge in [-0.1, -0.05) is 35.3 Å². The molecule has 0 aromatic heterocycles. The van der Waals surface area contributed by atoms with Crippen LogP contribution in [0.15, 0.2) is 42.5 Å². The summed E-state index contributed by atoms with van der Waals surface area (Å²) in [7, 11) is 1.58. The van der Waals surface area contributed by atoms with Crippen LogP contribution >= 0.6 is 23.2 Å². The number of ether oxygens (including phenoxy) is 1. The maximum absolute atomic E-state index is 12.5. The van der Waals surface area contributed by atoms with Gasteiger partial charge in [-0.2, -0.15) is 0 Å². The van der Waals surface area contributed by atoms with Crippen molar-refractivity contribution in [1.29, 1.82) is 0 Å². The second kappa shape index (κ2) is 5.82. The lowest BCUT2D eigenvalue weighted by Crippen LogP contribution is -2.35. The van der Waals surface area contributed by atoms with Gasteiger partial charge in [-0.25, -0.2) is 0 Å². The molecule has 2 aromatic carbocycles. The van der Waals surface area contributed by atoms with Gasteiger partial charge in [0.05, 0.1) is 12.6 Å². The van der Waals surface area contributed by atoms with Crippen LogP contribution in [0, 0.1) is 0 Å². The van der Waals surface area contributed by atoms with Gasteiger partial charge in [0, 0.05) is 15.6 Å². The number of amides is 1. The van der Waals surface area contributed by atoms with E-state index >= 15 is 0 Å². The Morgan fingerprint density at radius 2 is 1.95 bits per heavy atom. The van der Waals surface area contributed by atoms with Gasteiger partial charge in [-0.15, -0.1) is 0 Å². The van der Waals surface area contributed by atoms with Crippen molar-refractivity contribution in [1.82, 2.24) is 5.32 Å². The Balaban J connectivity index is 1.84. The first-order valence-electron chi connectivity index (χ1n) is 6.96. The Bertz CT molecular complexity index is 726. The quantitative estimate of drug-likeness (QED) is 0.897. The number of halogens is 2. The molecule has 3 nitrogen and oxygen atoms in total. The van der Waals surface area contributed by atoms with Gasteiger partial charge >= 0.3 is 0 Å². The van der Waals surface area contributed by atoms with Crippen molar-refractivity contribution in [3.63, 3.8) is 0 Å². The molecule has 0 spiro atoms. The van der Waals surface area contributed by atoms with Gasteiger partial charge < -0.3 is 10.1 Å². The highest BCUT2D eigenvalue weighted by Gasteiger charge is 2.47. The van der Waals surface area contributed by atoms with Crippen molar-refractivity contribution < 1.29 is 9.53 Å². The first-order chi connectivity index (χ1) is 10.5. The van der Waals surface area contributed by atoms with E-state index in [4.69, 9.17) is 27.9 Å². The molecular weight excluding hydrogens is 321 g/mol. The monoisotopic (exact) mass is 335 g/mol.